The van der Waals surface area contributed by atoms with Crippen molar-refractivity contribution in [1.82, 2.24) is 9.80 Å². The molecule has 0 radical (unpaired) electrons. The molecule has 0 unspecified atom stereocenters. The molecule has 0 aliphatic carbocycles. The van der Waals surface area contributed by atoms with Crippen molar-refractivity contribution in [3.8, 4) is 0 Å². The van der Waals surface area contributed by atoms with Crippen LogP contribution in [0.5, 0.6) is 0 Å². The topological polar surface area (TPSA) is 23.6 Å². The van der Waals surface area contributed by atoms with E-state index in [1.807, 2.05) is 30.0 Å². The zero-order valence-electron chi connectivity index (χ0n) is 12.5. The number of hydrogen-bond donors (Lipinski definition) is 0. The number of hydrogen-bond acceptors (Lipinski definition) is 2. The molecule has 0 saturated carbocycles. The monoisotopic (exact) mass is 338 g/mol. The minimum absolute atomic E-state index is 0.148. The van der Waals surface area contributed by atoms with Gasteiger partial charge < -0.3 is 4.90 Å². The van der Waals surface area contributed by atoms with Gasteiger partial charge in [-0.05, 0) is 30.5 Å². The Kier molecular flexibility index (Phi) is 5.22. The second kappa shape index (κ2) is 6.72. The number of halogens is 1. The molecule has 0 N–H and O–H groups in total. The van der Waals surface area contributed by atoms with Gasteiger partial charge in [0.25, 0.3) is 5.91 Å². The van der Waals surface area contributed by atoms with Gasteiger partial charge in [-0.2, -0.15) is 0 Å². The highest BCUT2D eigenvalue weighted by molar-refractivity contribution is 9.10. The smallest absolute Gasteiger partial charge is 0.253 e. The first-order valence-electron chi connectivity index (χ1n) is 7.25. The van der Waals surface area contributed by atoms with Crippen molar-refractivity contribution in [1.29, 1.82) is 0 Å². The van der Waals surface area contributed by atoms with Crippen LogP contribution in [0.25, 0.3) is 0 Å². The number of rotatable bonds is 3. The molecular formula is C16H23BrN2O. The van der Waals surface area contributed by atoms with Gasteiger partial charge in [0, 0.05) is 42.8 Å². The van der Waals surface area contributed by atoms with Crippen LogP contribution in [0.2, 0.25) is 0 Å². The van der Waals surface area contributed by atoms with E-state index < -0.39 is 0 Å². The highest BCUT2D eigenvalue weighted by Gasteiger charge is 2.22. The Morgan fingerprint density at radius 3 is 2.45 bits per heavy atom. The Bertz CT molecular complexity index is 479. The standard InChI is InChI=1S/C16H23BrN2O/c1-12(2)11-18-6-8-19(9-7-18)16(20)14-5-4-13(3)15(17)10-14/h4-5,10,12H,6-9,11H2,1-3H3. The first-order valence-corrected chi connectivity index (χ1v) is 8.04. The molecule has 1 saturated heterocycles. The quantitative estimate of drug-likeness (QED) is 0.845. The summed E-state index contributed by atoms with van der Waals surface area (Å²) in [4.78, 5) is 16.9. The first kappa shape index (κ1) is 15.5. The van der Waals surface area contributed by atoms with E-state index >= 15 is 0 Å². The summed E-state index contributed by atoms with van der Waals surface area (Å²) in [5, 5.41) is 0. The third-order valence-corrected chi connectivity index (χ3v) is 4.56. The maximum Gasteiger partial charge on any atom is 0.253 e. The molecule has 1 amide bonds. The second-order valence-corrected chi connectivity index (χ2v) is 6.80. The lowest BCUT2D eigenvalue weighted by molar-refractivity contribution is 0.0624. The van der Waals surface area contributed by atoms with E-state index in [0.29, 0.717) is 5.92 Å². The average Bonchev–Trinajstić information content (AvgIpc) is 2.41. The molecule has 4 heteroatoms. The van der Waals surface area contributed by atoms with Crippen LogP contribution in [0.1, 0.15) is 29.8 Å². The van der Waals surface area contributed by atoms with Crippen molar-refractivity contribution in [2.45, 2.75) is 20.8 Å². The van der Waals surface area contributed by atoms with E-state index in [4.69, 9.17) is 0 Å². The minimum atomic E-state index is 0.148. The summed E-state index contributed by atoms with van der Waals surface area (Å²) in [6.45, 7) is 11.3. The van der Waals surface area contributed by atoms with E-state index in [1.54, 1.807) is 0 Å². The van der Waals surface area contributed by atoms with Gasteiger partial charge in [-0.25, -0.2) is 0 Å². The lowest BCUT2D eigenvalue weighted by atomic mass is 10.1. The van der Waals surface area contributed by atoms with Crippen LogP contribution in [-0.4, -0.2) is 48.4 Å². The summed E-state index contributed by atoms with van der Waals surface area (Å²) in [5.41, 5.74) is 1.93. The maximum atomic E-state index is 12.5. The van der Waals surface area contributed by atoms with Crippen LogP contribution in [0.15, 0.2) is 22.7 Å². The largest absolute Gasteiger partial charge is 0.336 e. The van der Waals surface area contributed by atoms with Crippen molar-refractivity contribution in [2.24, 2.45) is 5.92 Å². The summed E-state index contributed by atoms with van der Waals surface area (Å²) in [6, 6.07) is 5.84. The maximum absolute atomic E-state index is 12.5. The van der Waals surface area contributed by atoms with E-state index in [2.05, 4.69) is 34.7 Å². The van der Waals surface area contributed by atoms with Crippen LogP contribution < -0.4 is 0 Å². The molecule has 1 aromatic rings. The summed E-state index contributed by atoms with van der Waals surface area (Å²) < 4.78 is 1.00. The molecule has 1 fully saturated rings. The fourth-order valence-corrected chi connectivity index (χ4v) is 2.94. The molecule has 0 atom stereocenters. The Morgan fingerprint density at radius 1 is 1.25 bits per heavy atom. The first-order chi connectivity index (χ1) is 9.47. The van der Waals surface area contributed by atoms with Crippen LogP contribution in [0.3, 0.4) is 0 Å². The highest BCUT2D eigenvalue weighted by atomic mass is 79.9. The van der Waals surface area contributed by atoms with Gasteiger partial charge in [-0.1, -0.05) is 35.8 Å². The Labute approximate surface area is 130 Å². The molecule has 20 heavy (non-hydrogen) atoms. The van der Waals surface area contributed by atoms with Crippen molar-refractivity contribution in [3.05, 3.63) is 33.8 Å². The van der Waals surface area contributed by atoms with Gasteiger partial charge >= 0.3 is 0 Å². The number of benzene rings is 1. The molecule has 1 aliphatic rings. The van der Waals surface area contributed by atoms with Crippen molar-refractivity contribution in [3.63, 3.8) is 0 Å². The van der Waals surface area contributed by atoms with Gasteiger partial charge in [0.05, 0.1) is 0 Å². The van der Waals surface area contributed by atoms with Crippen molar-refractivity contribution >= 4 is 21.8 Å². The molecule has 3 nitrogen and oxygen atoms in total. The van der Waals surface area contributed by atoms with Crippen LogP contribution in [0, 0.1) is 12.8 Å². The fourth-order valence-electron chi connectivity index (χ4n) is 2.56. The molecule has 0 bridgehead atoms. The number of carbonyl (C=O) groups excluding carboxylic acids is 1. The van der Waals surface area contributed by atoms with Crippen LogP contribution >= 0.6 is 15.9 Å². The number of carbonyl (C=O) groups is 1. The van der Waals surface area contributed by atoms with Gasteiger partial charge in [-0.15, -0.1) is 0 Å². The van der Waals surface area contributed by atoms with E-state index in [1.165, 1.54) is 0 Å². The average molecular weight is 339 g/mol. The summed E-state index contributed by atoms with van der Waals surface area (Å²) >= 11 is 3.50. The second-order valence-electron chi connectivity index (χ2n) is 5.95. The van der Waals surface area contributed by atoms with Crippen LogP contribution in [0.4, 0.5) is 0 Å². The zero-order chi connectivity index (χ0) is 14.7. The number of nitrogens with zero attached hydrogens (tertiary/aromatic N) is 2. The minimum Gasteiger partial charge on any atom is -0.336 e. The molecule has 110 valence electrons. The highest BCUT2D eigenvalue weighted by Crippen LogP contribution is 2.19. The predicted octanol–water partition coefficient (Wildman–Crippen LogP) is 3.17. The van der Waals surface area contributed by atoms with Crippen LogP contribution in [-0.2, 0) is 0 Å². The third-order valence-electron chi connectivity index (χ3n) is 3.70. The molecule has 0 aromatic heterocycles. The predicted molar refractivity (Wildman–Crippen MR) is 86.1 cm³/mol. The molecule has 0 spiro atoms. The molecule has 1 aromatic carbocycles. The van der Waals surface area contributed by atoms with E-state index in [9.17, 15) is 4.79 Å². The van der Waals surface area contributed by atoms with Gasteiger partial charge in [0.2, 0.25) is 0 Å². The fraction of sp³-hybridized carbons (Fsp3) is 0.562. The Hall–Kier alpha value is -0.870. The molecular weight excluding hydrogens is 316 g/mol. The summed E-state index contributed by atoms with van der Waals surface area (Å²) in [6.07, 6.45) is 0. The Morgan fingerprint density at radius 2 is 1.90 bits per heavy atom. The van der Waals surface area contributed by atoms with Gasteiger partial charge in [0.1, 0.15) is 0 Å². The van der Waals surface area contributed by atoms with Crippen molar-refractivity contribution < 1.29 is 4.79 Å². The Balaban J connectivity index is 1.96. The number of amides is 1. The third kappa shape index (κ3) is 3.83. The molecule has 1 heterocycles. The number of piperazine rings is 1. The molecule has 1 aliphatic heterocycles. The SMILES string of the molecule is Cc1ccc(C(=O)N2CCN(CC(C)C)CC2)cc1Br. The number of aryl methyl sites for hydroxylation is 1. The molecule has 2 rings (SSSR count). The zero-order valence-corrected chi connectivity index (χ0v) is 14.1. The lowest BCUT2D eigenvalue weighted by Gasteiger charge is -2.35. The van der Waals surface area contributed by atoms with E-state index in [-0.39, 0.29) is 5.91 Å². The van der Waals surface area contributed by atoms with Crippen molar-refractivity contribution in [2.75, 3.05) is 32.7 Å². The summed E-state index contributed by atoms with van der Waals surface area (Å²) in [7, 11) is 0. The van der Waals surface area contributed by atoms with Gasteiger partial charge in [-0.3, -0.25) is 9.69 Å². The summed E-state index contributed by atoms with van der Waals surface area (Å²) in [5.74, 6) is 0.834. The van der Waals surface area contributed by atoms with E-state index in [0.717, 1.165) is 48.3 Å². The van der Waals surface area contributed by atoms with Gasteiger partial charge in [0.15, 0.2) is 0 Å². The lowest BCUT2D eigenvalue weighted by Crippen LogP contribution is -2.49. The normalized spacial score (nSPS) is 16.8.